The van der Waals surface area contributed by atoms with Gasteiger partial charge in [0.15, 0.2) is 0 Å². The predicted molar refractivity (Wildman–Crippen MR) is 365 cm³/mol. The first-order valence-electron chi connectivity index (χ1n) is 29.3. The Morgan fingerprint density at radius 2 is 0.483 bits per heavy atom. The van der Waals surface area contributed by atoms with Crippen LogP contribution in [0.5, 0.6) is 11.5 Å². The molecule has 0 aliphatic rings. The van der Waals surface area contributed by atoms with E-state index in [2.05, 4.69) is 264 Å². The minimum Gasteiger partial charge on any atom is -0.507 e. The number of rotatable bonds is 20. The summed E-state index contributed by atoms with van der Waals surface area (Å²) < 4.78 is 0. The number of anilines is 12. The normalized spacial score (nSPS) is 11.4. The Bertz CT molecular complexity index is 3630. The minimum absolute atomic E-state index is 0.126. The zero-order valence-corrected chi connectivity index (χ0v) is 48.7. The molecule has 0 atom stereocenters. The molecule has 8 heteroatoms. The van der Waals surface area contributed by atoms with Crippen molar-refractivity contribution in [3.63, 3.8) is 0 Å². The van der Waals surface area contributed by atoms with Crippen molar-refractivity contribution in [3.05, 3.63) is 327 Å². The second kappa shape index (κ2) is 26.1. The molecule has 0 heterocycles. The first-order chi connectivity index (χ1) is 42.7. The zero-order valence-electron chi connectivity index (χ0n) is 48.7. The molecule has 0 saturated carbocycles. The van der Waals surface area contributed by atoms with Crippen molar-refractivity contribution >= 4 is 80.7 Å². The van der Waals surface area contributed by atoms with E-state index in [1.807, 2.05) is 84.9 Å². The fraction of sp³-hybridized carbons (Fsp3) is 0.0633. The van der Waals surface area contributed by atoms with Crippen LogP contribution in [0.3, 0.4) is 0 Å². The largest absolute Gasteiger partial charge is 0.507 e. The van der Waals surface area contributed by atoms with Crippen molar-refractivity contribution in [2.75, 3.05) is 32.7 Å². The fourth-order valence-corrected chi connectivity index (χ4v) is 10.9. The molecule has 0 aliphatic carbocycles. The average Bonchev–Trinajstić information content (AvgIpc) is 3.24. The van der Waals surface area contributed by atoms with Gasteiger partial charge in [0.05, 0.1) is 0 Å². The van der Waals surface area contributed by atoms with Crippen LogP contribution in [0, 0.1) is 5.41 Å². The van der Waals surface area contributed by atoms with Gasteiger partial charge in [-0.25, -0.2) is 0 Å². The number of nitrogens with zero attached hydrogens (tertiary/aromatic N) is 6. The lowest BCUT2D eigenvalue weighted by molar-refractivity contribution is 0.396. The van der Waals surface area contributed by atoms with Crippen LogP contribution in [-0.4, -0.2) is 35.7 Å². The fourth-order valence-electron chi connectivity index (χ4n) is 10.9. The highest BCUT2D eigenvalue weighted by atomic mass is 16.3. The van der Waals surface area contributed by atoms with E-state index in [9.17, 15) is 10.2 Å². The lowest BCUT2D eigenvalue weighted by Gasteiger charge is -2.30. The Morgan fingerprint density at radius 3 is 0.690 bits per heavy atom. The van der Waals surface area contributed by atoms with Crippen molar-refractivity contribution in [1.29, 1.82) is 0 Å². The molecule has 0 unspecified atom stereocenters. The second-order valence-electron chi connectivity index (χ2n) is 22.2. The summed E-state index contributed by atoms with van der Waals surface area (Å²) in [6, 6.07) is 108. The van der Waals surface area contributed by atoms with Gasteiger partial charge in [0.2, 0.25) is 0 Å². The molecule has 0 amide bonds. The molecular formula is C79H66N6O2. The van der Waals surface area contributed by atoms with Crippen molar-refractivity contribution in [1.82, 2.24) is 0 Å². The number of benzene rings is 12. The van der Waals surface area contributed by atoms with Crippen molar-refractivity contribution in [2.45, 2.75) is 13.8 Å². The topological polar surface area (TPSA) is 78.1 Å². The summed E-state index contributed by atoms with van der Waals surface area (Å²) in [6.45, 7) is 5.15. The van der Waals surface area contributed by atoms with Gasteiger partial charge in [-0.15, -0.1) is 0 Å². The van der Waals surface area contributed by atoms with E-state index in [4.69, 9.17) is 9.98 Å². The molecule has 0 spiro atoms. The molecule has 424 valence electrons. The SMILES string of the molecule is CC(C)(C/N=C/c1ccc(-c2cc(N(c3ccccc3)c3ccccc3)cc(N(c3ccccc3)c3ccccc3)c2)cc1O)C/N=C/c1ccc(-c2cc(N(c3ccccc3)c3ccccc3)cc(N(c3ccccc3)c3ccccc3)c2)cc1O. The molecule has 0 radical (unpaired) electrons. The summed E-state index contributed by atoms with van der Waals surface area (Å²) in [4.78, 5) is 18.8. The van der Waals surface area contributed by atoms with Crippen LogP contribution < -0.4 is 19.6 Å². The van der Waals surface area contributed by atoms with Gasteiger partial charge in [0.25, 0.3) is 0 Å². The summed E-state index contributed by atoms with van der Waals surface area (Å²) in [7, 11) is 0. The lowest BCUT2D eigenvalue weighted by atomic mass is 9.94. The monoisotopic (exact) mass is 1130 g/mol. The Balaban J connectivity index is 0.802. The standard InChI is InChI=1S/C79H66N6O2/c1-79(2,57-80-55-61-45-43-59(51-77(61)86)63-47-73(82(65-27-11-3-12-28-65)66-29-13-4-14-30-66)53-74(48-63)83(67-31-15-5-16-32-67)68-33-17-6-18-34-68)58-81-56-62-46-44-60(52-78(62)87)64-49-75(84(69-35-19-7-20-36-69)70-37-21-8-22-38-70)54-76(50-64)85(71-39-23-9-24-40-71)72-41-25-10-26-42-72/h3-56,86-87H,57-58H2,1-2H3/b80-55+,81-56+. The first-order valence-corrected chi connectivity index (χ1v) is 29.3. The van der Waals surface area contributed by atoms with Gasteiger partial charge < -0.3 is 29.8 Å². The summed E-state index contributed by atoms with van der Waals surface area (Å²) in [5.74, 6) is 0.252. The number of aromatic hydroxyl groups is 2. The van der Waals surface area contributed by atoms with Gasteiger partial charge in [0.1, 0.15) is 11.5 Å². The number of hydrogen-bond donors (Lipinski definition) is 2. The maximum Gasteiger partial charge on any atom is 0.124 e. The van der Waals surface area contributed by atoms with Crippen LogP contribution >= 0.6 is 0 Å². The molecule has 0 bridgehead atoms. The summed E-state index contributed by atoms with van der Waals surface area (Å²) in [6.07, 6.45) is 3.49. The number of hydrogen-bond acceptors (Lipinski definition) is 8. The van der Waals surface area contributed by atoms with E-state index in [1.54, 1.807) is 12.4 Å². The zero-order chi connectivity index (χ0) is 59.4. The molecule has 0 aromatic heterocycles. The molecule has 0 saturated heterocycles. The van der Waals surface area contributed by atoms with E-state index in [1.165, 1.54) is 0 Å². The quantitative estimate of drug-likeness (QED) is 0.0741. The lowest BCUT2D eigenvalue weighted by Crippen LogP contribution is -2.19. The summed E-state index contributed by atoms with van der Waals surface area (Å²) in [5, 5.41) is 23.5. The smallest absolute Gasteiger partial charge is 0.124 e. The van der Waals surface area contributed by atoms with Crippen LogP contribution in [0.2, 0.25) is 0 Å². The molecule has 0 fully saturated rings. The van der Waals surface area contributed by atoms with Gasteiger partial charge >= 0.3 is 0 Å². The molecule has 2 N–H and O–H groups in total. The van der Waals surface area contributed by atoms with E-state index < -0.39 is 0 Å². The Hall–Kier alpha value is -11.2. The van der Waals surface area contributed by atoms with Gasteiger partial charge in [0, 0.05) is 110 Å². The summed E-state index contributed by atoms with van der Waals surface area (Å²) >= 11 is 0. The van der Waals surface area contributed by atoms with E-state index in [-0.39, 0.29) is 16.9 Å². The molecule has 12 aromatic rings. The van der Waals surface area contributed by atoms with Crippen LogP contribution in [-0.2, 0) is 0 Å². The van der Waals surface area contributed by atoms with Gasteiger partial charge in [-0.2, -0.15) is 0 Å². The van der Waals surface area contributed by atoms with Crippen molar-refractivity contribution < 1.29 is 10.2 Å². The third kappa shape index (κ3) is 13.3. The number of aliphatic imine (C=N–C) groups is 2. The predicted octanol–water partition coefficient (Wildman–Crippen LogP) is 20.9. The maximum atomic E-state index is 11.7. The summed E-state index contributed by atoms with van der Waals surface area (Å²) in [5.41, 5.74) is 16.5. The Labute approximate surface area is 510 Å². The number of phenols is 2. The average molecular weight is 1130 g/mol. The molecule has 12 aromatic carbocycles. The molecule has 12 rings (SSSR count). The third-order valence-electron chi connectivity index (χ3n) is 15.2. The molecular weight excluding hydrogens is 1060 g/mol. The first kappa shape index (κ1) is 56.3. The number of phenolic OH excluding ortho intramolecular Hbond substituents is 2. The van der Waals surface area contributed by atoms with Crippen LogP contribution in [0.4, 0.5) is 68.2 Å². The highest BCUT2D eigenvalue weighted by molar-refractivity contribution is 5.92. The second-order valence-corrected chi connectivity index (χ2v) is 22.2. The Morgan fingerprint density at radius 1 is 0.264 bits per heavy atom. The highest BCUT2D eigenvalue weighted by Gasteiger charge is 2.23. The van der Waals surface area contributed by atoms with Gasteiger partial charge in [-0.3, -0.25) is 9.98 Å². The highest BCUT2D eigenvalue weighted by Crippen LogP contribution is 2.46. The number of para-hydroxylation sites is 8. The van der Waals surface area contributed by atoms with Crippen LogP contribution in [0.1, 0.15) is 25.0 Å². The molecule has 8 nitrogen and oxygen atoms in total. The Kier molecular flexibility index (Phi) is 16.9. The van der Waals surface area contributed by atoms with Gasteiger partial charge in [-0.1, -0.05) is 172 Å². The van der Waals surface area contributed by atoms with Crippen molar-refractivity contribution in [2.24, 2.45) is 15.4 Å². The third-order valence-corrected chi connectivity index (χ3v) is 15.2. The van der Waals surface area contributed by atoms with E-state index in [0.717, 1.165) is 90.5 Å². The minimum atomic E-state index is -0.342. The van der Waals surface area contributed by atoms with E-state index >= 15 is 0 Å². The van der Waals surface area contributed by atoms with E-state index in [0.29, 0.717) is 24.2 Å². The van der Waals surface area contributed by atoms with Gasteiger partial charge in [-0.05, 0) is 180 Å². The maximum absolute atomic E-state index is 11.7. The molecule has 0 aliphatic heterocycles. The van der Waals surface area contributed by atoms with Crippen LogP contribution in [0.15, 0.2) is 325 Å². The molecule has 87 heavy (non-hydrogen) atoms. The van der Waals surface area contributed by atoms with Crippen LogP contribution in [0.25, 0.3) is 22.3 Å². The van der Waals surface area contributed by atoms with Crippen molar-refractivity contribution in [3.8, 4) is 33.8 Å².